The van der Waals surface area contributed by atoms with Crippen molar-refractivity contribution in [1.82, 2.24) is 51.6 Å². The van der Waals surface area contributed by atoms with E-state index in [2.05, 4.69) is 51.6 Å². The van der Waals surface area contributed by atoms with Gasteiger partial charge in [-0.3, -0.25) is 10.2 Å². The summed E-state index contributed by atoms with van der Waals surface area (Å²) in [5, 5.41) is 29.0. The summed E-state index contributed by atoms with van der Waals surface area (Å²) >= 11 is 0. The van der Waals surface area contributed by atoms with Crippen LogP contribution in [0.15, 0.2) is 12.7 Å². The van der Waals surface area contributed by atoms with E-state index in [0.717, 1.165) is 26.2 Å². The Bertz CT molecular complexity index is 480. The number of anilines is 2. The van der Waals surface area contributed by atoms with Crippen molar-refractivity contribution in [2.75, 3.05) is 62.7 Å². The molecule has 2 aromatic heterocycles. The van der Waals surface area contributed by atoms with Crippen LogP contribution in [0.5, 0.6) is 0 Å². The quantitative estimate of drug-likeness (QED) is 0.381. The first-order chi connectivity index (χ1) is 11.9. The Morgan fingerprint density at radius 1 is 0.680 bits per heavy atom. The molecule has 140 valence electrons. The standard InChI is InChI=1S/C12H22N12.Ni/c1-2-14-8-24(12-18-6-20-22-12)10-16-4-3-15-9-23(7-13-1)11-17-5-19-21-11;/h5-6,13-16H,1-4,7-10H2;/q-2;+2. The molecule has 0 unspecified atom stereocenters. The molecule has 3 heterocycles. The minimum Gasteiger partial charge on any atom is -0.378 e. The van der Waals surface area contributed by atoms with Gasteiger partial charge in [-0.2, -0.15) is 0 Å². The summed E-state index contributed by atoms with van der Waals surface area (Å²) in [5.41, 5.74) is 0. The summed E-state index contributed by atoms with van der Waals surface area (Å²) in [4.78, 5) is 12.3. The first-order valence-electron chi connectivity index (χ1n) is 7.87. The third-order valence-electron chi connectivity index (χ3n) is 3.48. The summed E-state index contributed by atoms with van der Waals surface area (Å²) in [6.45, 7) is 5.83. The molecule has 1 fully saturated rings. The number of hydrogen-bond donors (Lipinski definition) is 4. The van der Waals surface area contributed by atoms with Crippen molar-refractivity contribution in [1.29, 1.82) is 0 Å². The average Bonchev–Trinajstić information content (AvgIpc) is 3.30. The van der Waals surface area contributed by atoms with Gasteiger partial charge in [-0.15, -0.1) is 0 Å². The van der Waals surface area contributed by atoms with Crippen LogP contribution >= 0.6 is 0 Å². The molecule has 0 aliphatic carbocycles. The molecule has 25 heavy (non-hydrogen) atoms. The Balaban J connectivity index is 0.00000225. The minimum absolute atomic E-state index is 0. The second kappa shape index (κ2) is 11.0. The zero-order valence-electron chi connectivity index (χ0n) is 13.7. The average molecular weight is 393 g/mol. The third-order valence-corrected chi connectivity index (χ3v) is 3.48. The number of nitrogens with zero attached hydrogens (tertiary/aromatic N) is 8. The first-order valence-corrected chi connectivity index (χ1v) is 7.87. The molecule has 1 aliphatic rings. The van der Waals surface area contributed by atoms with Crippen molar-refractivity contribution in [2.45, 2.75) is 0 Å². The molecule has 0 spiro atoms. The van der Waals surface area contributed by atoms with Crippen molar-refractivity contribution >= 4 is 11.9 Å². The second-order valence-corrected chi connectivity index (χ2v) is 5.23. The van der Waals surface area contributed by atoms with Crippen LogP contribution in [-0.4, -0.2) is 73.2 Å². The molecular weight excluding hydrogens is 371 g/mol. The molecule has 4 N–H and O–H groups in total. The summed E-state index contributed by atoms with van der Waals surface area (Å²) in [7, 11) is 0. The molecule has 0 saturated carbocycles. The van der Waals surface area contributed by atoms with Gasteiger partial charge in [0.1, 0.15) is 0 Å². The van der Waals surface area contributed by atoms with Gasteiger partial charge in [0.15, 0.2) is 0 Å². The van der Waals surface area contributed by atoms with E-state index in [1.165, 1.54) is 12.7 Å². The van der Waals surface area contributed by atoms with E-state index >= 15 is 0 Å². The topological polar surface area (TPSA) is 134 Å². The summed E-state index contributed by atoms with van der Waals surface area (Å²) in [6.07, 6.45) is 2.91. The van der Waals surface area contributed by atoms with Gasteiger partial charge in [-0.05, 0) is 0 Å². The molecule has 0 aromatic carbocycles. The normalized spacial score (nSPS) is 18.4. The fourth-order valence-corrected chi connectivity index (χ4v) is 2.26. The minimum atomic E-state index is 0. The van der Waals surface area contributed by atoms with Crippen LogP contribution in [0.3, 0.4) is 0 Å². The van der Waals surface area contributed by atoms with E-state index in [1.54, 1.807) is 0 Å². The van der Waals surface area contributed by atoms with Gasteiger partial charge < -0.3 is 51.2 Å². The predicted molar refractivity (Wildman–Crippen MR) is 87.1 cm³/mol. The van der Waals surface area contributed by atoms with E-state index < -0.39 is 0 Å². The third kappa shape index (κ3) is 6.22. The number of aromatic nitrogens is 6. The molecule has 1 saturated heterocycles. The maximum Gasteiger partial charge on any atom is 2.00 e. The van der Waals surface area contributed by atoms with Gasteiger partial charge in [0, 0.05) is 65.5 Å². The predicted octanol–water partition coefficient (Wildman–Crippen LogP) is -3.31. The van der Waals surface area contributed by atoms with Gasteiger partial charge in [0.2, 0.25) is 0 Å². The fraction of sp³-hybridized carbons (Fsp3) is 0.667. The maximum absolute atomic E-state index is 4.15. The van der Waals surface area contributed by atoms with E-state index in [1.807, 2.05) is 9.80 Å². The molecule has 12 nitrogen and oxygen atoms in total. The largest absolute Gasteiger partial charge is 2.00 e. The van der Waals surface area contributed by atoms with Crippen LogP contribution in [0.1, 0.15) is 0 Å². The molecular formula is C12H22N12Ni. The van der Waals surface area contributed by atoms with Crippen LogP contribution in [0.4, 0.5) is 11.9 Å². The Morgan fingerprint density at radius 3 is 1.32 bits per heavy atom. The Labute approximate surface area is 155 Å². The monoisotopic (exact) mass is 392 g/mol. The maximum atomic E-state index is 4.15. The van der Waals surface area contributed by atoms with E-state index in [-0.39, 0.29) is 16.5 Å². The Morgan fingerprint density at radius 2 is 1.04 bits per heavy atom. The van der Waals surface area contributed by atoms with E-state index in [4.69, 9.17) is 0 Å². The summed E-state index contributed by atoms with van der Waals surface area (Å²) < 4.78 is 0. The van der Waals surface area contributed by atoms with Crippen LogP contribution in [-0.2, 0) is 16.5 Å². The number of nitrogens with one attached hydrogen (secondary N) is 4. The van der Waals surface area contributed by atoms with Crippen molar-refractivity contribution in [3.63, 3.8) is 0 Å². The molecule has 0 atom stereocenters. The van der Waals surface area contributed by atoms with Crippen molar-refractivity contribution < 1.29 is 16.5 Å². The smallest absolute Gasteiger partial charge is 0.378 e. The van der Waals surface area contributed by atoms with Gasteiger partial charge in [0.05, 0.1) is 11.9 Å². The van der Waals surface area contributed by atoms with Crippen LogP contribution in [0.25, 0.3) is 0 Å². The van der Waals surface area contributed by atoms with Gasteiger partial charge in [0.25, 0.3) is 0 Å². The molecule has 0 bridgehead atoms. The SMILES string of the molecule is [Ni+2].c1nnc(N2CNCCNCN(c3nnc[n-]3)CNCCNC2)[n-]1. The first kappa shape index (κ1) is 19.5. The number of rotatable bonds is 2. The molecule has 13 heteroatoms. The zero-order chi connectivity index (χ0) is 16.5. The summed E-state index contributed by atoms with van der Waals surface area (Å²) in [5.74, 6) is 1.24. The van der Waals surface area contributed by atoms with E-state index in [0.29, 0.717) is 38.6 Å². The van der Waals surface area contributed by atoms with Crippen LogP contribution < -0.4 is 41.0 Å². The van der Waals surface area contributed by atoms with Gasteiger partial charge in [-0.1, -0.05) is 0 Å². The molecule has 0 amide bonds. The fourth-order valence-electron chi connectivity index (χ4n) is 2.26. The summed E-state index contributed by atoms with van der Waals surface area (Å²) in [6, 6.07) is 0. The molecule has 2 aromatic rings. The van der Waals surface area contributed by atoms with Crippen molar-refractivity contribution in [3.8, 4) is 0 Å². The van der Waals surface area contributed by atoms with Crippen LogP contribution in [0, 0.1) is 0 Å². The van der Waals surface area contributed by atoms with Gasteiger partial charge >= 0.3 is 16.5 Å². The number of hydrogen-bond acceptors (Lipinski definition) is 10. The second-order valence-electron chi connectivity index (χ2n) is 5.23. The molecule has 0 radical (unpaired) electrons. The molecule has 3 rings (SSSR count). The van der Waals surface area contributed by atoms with Crippen LogP contribution in [0.2, 0.25) is 0 Å². The van der Waals surface area contributed by atoms with Crippen molar-refractivity contribution in [3.05, 3.63) is 12.7 Å². The van der Waals surface area contributed by atoms with Crippen molar-refractivity contribution in [2.24, 2.45) is 0 Å². The van der Waals surface area contributed by atoms with Gasteiger partial charge in [-0.25, -0.2) is 0 Å². The Hall–Kier alpha value is -1.79. The zero-order valence-corrected chi connectivity index (χ0v) is 14.7. The Kier molecular flexibility index (Phi) is 8.56. The van der Waals surface area contributed by atoms with E-state index in [9.17, 15) is 0 Å². The molecule has 1 aliphatic heterocycles.